The quantitative estimate of drug-likeness (QED) is 0.936. The third-order valence-electron chi connectivity index (χ3n) is 2.70. The summed E-state index contributed by atoms with van der Waals surface area (Å²) in [5.74, 6) is -0.403. The first-order valence-electron chi connectivity index (χ1n) is 6.31. The molecule has 0 saturated heterocycles. The number of nitrogens with one attached hydrogen (secondary N) is 1. The summed E-state index contributed by atoms with van der Waals surface area (Å²) in [6, 6.07) is 8.16. The van der Waals surface area contributed by atoms with Gasteiger partial charge in [0.1, 0.15) is 11.6 Å². The Bertz CT molecular complexity index is 612. The maximum absolute atomic E-state index is 12.8. The van der Waals surface area contributed by atoms with Gasteiger partial charge in [0.25, 0.3) is 0 Å². The lowest BCUT2D eigenvalue weighted by atomic mass is 10.1. The van der Waals surface area contributed by atoms with E-state index in [1.54, 1.807) is 24.3 Å². The van der Waals surface area contributed by atoms with Crippen molar-refractivity contribution in [3.63, 3.8) is 0 Å². The lowest BCUT2D eigenvalue weighted by Crippen LogP contribution is -2.13. The smallest absolute Gasteiger partial charge is 0.451 e. The van der Waals surface area contributed by atoms with Crippen LogP contribution in [-0.4, -0.2) is 23.6 Å². The van der Waals surface area contributed by atoms with Gasteiger partial charge in [-0.25, -0.2) is 9.97 Å². The monoisotopic (exact) mass is 297 g/mol. The summed E-state index contributed by atoms with van der Waals surface area (Å²) in [5.41, 5.74) is 0.757. The predicted molar refractivity (Wildman–Crippen MR) is 73.2 cm³/mol. The summed E-state index contributed by atoms with van der Waals surface area (Å²) >= 11 is 0. The van der Waals surface area contributed by atoms with Crippen molar-refractivity contribution in [2.45, 2.75) is 13.1 Å². The summed E-state index contributed by atoms with van der Waals surface area (Å²) in [5, 5.41) is 2.61. The Hall–Kier alpha value is -2.31. The highest BCUT2D eigenvalue weighted by atomic mass is 19.4. The number of aromatic nitrogens is 2. The molecule has 0 saturated carbocycles. The van der Waals surface area contributed by atoms with Gasteiger partial charge in [0.2, 0.25) is 5.82 Å². The first kappa shape index (κ1) is 15.1. The largest absolute Gasteiger partial charge is 0.494 e. The van der Waals surface area contributed by atoms with Crippen molar-refractivity contribution in [2.75, 3.05) is 19.0 Å². The zero-order valence-corrected chi connectivity index (χ0v) is 11.5. The Morgan fingerprint density at radius 2 is 1.81 bits per heavy atom. The fourth-order valence-electron chi connectivity index (χ4n) is 1.74. The van der Waals surface area contributed by atoms with E-state index < -0.39 is 12.0 Å². The number of ether oxygens (including phenoxy) is 1. The summed E-state index contributed by atoms with van der Waals surface area (Å²) in [7, 11) is 1.50. The van der Waals surface area contributed by atoms with Gasteiger partial charge in [-0.1, -0.05) is 0 Å². The molecule has 0 unspecified atom stereocenters. The molecule has 7 heteroatoms. The molecule has 0 atom stereocenters. The molecule has 0 fully saturated rings. The van der Waals surface area contributed by atoms with E-state index in [-0.39, 0.29) is 11.5 Å². The topological polar surface area (TPSA) is 47.0 Å². The van der Waals surface area contributed by atoms with Crippen molar-refractivity contribution in [1.29, 1.82) is 0 Å². The van der Waals surface area contributed by atoms with Crippen LogP contribution in [0.3, 0.4) is 0 Å². The Labute approximate surface area is 120 Å². The Morgan fingerprint density at radius 3 is 2.33 bits per heavy atom. The van der Waals surface area contributed by atoms with Crippen LogP contribution in [-0.2, 0) is 6.18 Å². The van der Waals surface area contributed by atoms with Crippen LogP contribution < -0.4 is 10.1 Å². The zero-order valence-electron chi connectivity index (χ0n) is 11.5. The van der Waals surface area contributed by atoms with E-state index in [1.165, 1.54) is 13.1 Å². The van der Waals surface area contributed by atoms with Crippen molar-refractivity contribution < 1.29 is 17.9 Å². The number of halogens is 3. The van der Waals surface area contributed by atoms with E-state index in [1.807, 2.05) is 6.92 Å². The van der Waals surface area contributed by atoms with Crippen molar-refractivity contribution in [2.24, 2.45) is 0 Å². The van der Waals surface area contributed by atoms with Crippen LogP contribution >= 0.6 is 0 Å². The molecular formula is C14H14F3N3O. The molecule has 2 aromatic rings. The predicted octanol–water partition coefficient (Wildman–Crippen LogP) is 3.60. The zero-order chi connectivity index (χ0) is 15.5. The van der Waals surface area contributed by atoms with Gasteiger partial charge in [0.05, 0.1) is 12.3 Å². The molecule has 0 radical (unpaired) electrons. The maximum atomic E-state index is 12.8. The Balaban J connectivity index is 2.42. The molecular weight excluding hydrogens is 283 g/mol. The molecule has 0 spiro atoms. The first-order chi connectivity index (χ1) is 9.94. The molecule has 0 aliphatic heterocycles. The van der Waals surface area contributed by atoms with Gasteiger partial charge in [0.15, 0.2) is 0 Å². The number of rotatable bonds is 4. The van der Waals surface area contributed by atoms with E-state index in [0.717, 1.165) is 0 Å². The fourth-order valence-corrected chi connectivity index (χ4v) is 1.74. The van der Waals surface area contributed by atoms with Crippen molar-refractivity contribution >= 4 is 5.82 Å². The van der Waals surface area contributed by atoms with Crippen LogP contribution in [0.15, 0.2) is 30.3 Å². The molecule has 2 rings (SSSR count). The van der Waals surface area contributed by atoms with Crippen LogP contribution in [0.25, 0.3) is 11.3 Å². The average molecular weight is 297 g/mol. The van der Waals surface area contributed by atoms with E-state index >= 15 is 0 Å². The minimum Gasteiger partial charge on any atom is -0.494 e. The van der Waals surface area contributed by atoms with Crippen LogP contribution in [0.5, 0.6) is 5.75 Å². The molecule has 1 N–H and O–H groups in total. The molecule has 1 heterocycles. The molecule has 0 aliphatic carbocycles. The molecule has 0 aliphatic rings. The minimum absolute atomic E-state index is 0.112. The SMILES string of the molecule is CCOc1ccc(-c2cc(NC)nc(C(F)(F)F)n2)cc1. The molecule has 1 aromatic carbocycles. The summed E-state index contributed by atoms with van der Waals surface area (Å²) in [4.78, 5) is 7.01. The van der Waals surface area contributed by atoms with E-state index in [4.69, 9.17) is 4.74 Å². The van der Waals surface area contributed by atoms with Crippen molar-refractivity contribution in [3.05, 3.63) is 36.2 Å². The van der Waals surface area contributed by atoms with Crippen LogP contribution in [0.1, 0.15) is 12.7 Å². The molecule has 0 amide bonds. The van der Waals surface area contributed by atoms with Gasteiger partial charge in [-0.15, -0.1) is 0 Å². The van der Waals surface area contributed by atoms with Gasteiger partial charge in [-0.3, -0.25) is 0 Å². The minimum atomic E-state index is -4.59. The lowest BCUT2D eigenvalue weighted by Gasteiger charge is -2.10. The van der Waals surface area contributed by atoms with Crippen LogP contribution in [0.4, 0.5) is 19.0 Å². The molecule has 0 bridgehead atoms. The number of hydrogen-bond acceptors (Lipinski definition) is 4. The Morgan fingerprint density at radius 1 is 1.14 bits per heavy atom. The first-order valence-corrected chi connectivity index (χ1v) is 6.31. The average Bonchev–Trinajstić information content (AvgIpc) is 2.47. The number of anilines is 1. The second kappa shape index (κ2) is 5.99. The summed E-state index contributed by atoms with van der Waals surface area (Å²) in [6.07, 6.45) is -4.59. The second-order valence-corrected chi connectivity index (χ2v) is 4.17. The maximum Gasteiger partial charge on any atom is 0.451 e. The lowest BCUT2D eigenvalue weighted by molar-refractivity contribution is -0.144. The molecule has 21 heavy (non-hydrogen) atoms. The van der Waals surface area contributed by atoms with Gasteiger partial charge < -0.3 is 10.1 Å². The normalized spacial score (nSPS) is 11.3. The highest BCUT2D eigenvalue weighted by molar-refractivity contribution is 5.63. The third kappa shape index (κ3) is 3.62. The highest BCUT2D eigenvalue weighted by Crippen LogP contribution is 2.30. The third-order valence-corrected chi connectivity index (χ3v) is 2.70. The van der Waals surface area contributed by atoms with Crippen LogP contribution in [0, 0.1) is 0 Å². The fraction of sp³-hybridized carbons (Fsp3) is 0.286. The van der Waals surface area contributed by atoms with Crippen molar-refractivity contribution in [1.82, 2.24) is 9.97 Å². The van der Waals surface area contributed by atoms with Crippen LogP contribution in [0.2, 0.25) is 0 Å². The summed E-state index contributed by atoms with van der Waals surface area (Å²) < 4.78 is 43.7. The number of nitrogens with zero attached hydrogens (tertiary/aromatic N) is 2. The Kier molecular flexibility index (Phi) is 4.30. The number of benzene rings is 1. The molecule has 112 valence electrons. The van der Waals surface area contributed by atoms with Gasteiger partial charge >= 0.3 is 6.18 Å². The van der Waals surface area contributed by atoms with Gasteiger partial charge in [0, 0.05) is 18.7 Å². The summed E-state index contributed by atoms with van der Waals surface area (Å²) in [6.45, 7) is 2.38. The molecule has 4 nitrogen and oxygen atoms in total. The van der Waals surface area contributed by atoms with Gasteiger partial charge in [-0.05, 0) is 31.2 Å². The molecule has 1 aromatic heterocycles. The standard InChI is InChI=1S/C14H14F3N3O/c1-3-21-10-6-4-9(5-7-10)11-8-12(18-2)20-13(19-11)14(15,16)17/h4-8H,3H2,1-2H3,(H,18,19,20). The van der Waals surface area contributed by atoms with E-state index in [9.17, 15) is 13.2 Å². The van der Waals surface area contributed by atoms with Gasteiger partial charge in [-0.2, -0.15) is 13.2 Å². The highest BCUT2D eigenvalue weighted by Gasteiger charge is 2.35. The number of alkyl halides is 3. The second-order valence-electron chi connectivity index (χ2n) is 4.17. The van der Waals surface area contributed by atoms with E-state index in [0.29, 0.717) is 17.9 Å². The van der Waals surface area contributed by atoms with Crippen molar-refractivity contribution in [3.8, 4) is 17.0 Å². The number of hydrogen-bond donors (Lipinski definition) is 1. The van der Waals surface area contributed by atoms with E-state index in [2.05, 4.69) is 15.3 Å².